The number of hydrogen-bond donors (Lipinski definition) is 2. The molecule has 1 aliphatic rings. The highest BCUT2D eigenvalue weighted by molar-refractivity contribution is 7.89. The first-order valence-corrected chi connectivity index (χ1v) is 12.9. The highest BCUT2D eigenvalue weighted by Crippen LogP contribution is 2.37. The minimum absolute atomic E-state index is 0.0596. The van der Waals surface area contributed by atoms with E-state index in [4.69, 9.17) is 5.73 Å². The van der Waals surface area contributed by atoms with Crippen molar-refractivity contribution in [1.29, 1.82) is 0 Å². The van der Waals surface area contributed by atoms with E-state index in [1.807, 2.05) is 6.92 Å². The average molecular weight is 493 g/mol. The summed E-state index contributed by atoms with van der Waals surface area (Å²) in [5.74, 6) is -1.19. The van der Waals surface area contributed by atoms with Crippen molar-refractivity contribution >= 4 is 44.1 Å². The Kier molecular flexibility index (Phi) is 7.55. The monoisotopic (exact) mass is 492 g/mol. The number of benzene rings is 1. The summed E-state index contributed by atoms with van der Waals surface area (Å²) in [6.45, 7) is 4.74. The molecule has 3 amide bonds. The number of sulfonamides is 1. The van der Waals surface area contributed by atoms with Gasteiger partial charge in [-0.05, 0) is 42.7 Å². The van der Waals surface area contributed by atoms with Crippen LogP contribution in [0.1, 0.15) is 57.8 Å². The van der Waals surface area contributed by atoms with Crippen LogP contribution in [0.5, 0.6) is 0 Å². The summed E-state index contributed by atoms with van der Waals surface area (Å²) in [4.78, 5) is 39.2. The lowest BCUT2D eigenvalue weighted by Gasteiger charge is -2.25. The van der Waals surface area contributed by atoms with Crippen LogP contribution in [0.15, 0.2) is 29.2 Å². The Balaban J connectivity index is 1.81. The van der Waals surface area contributed by atoms with Crippen molar-refractivity contribution < 1.29 is 22.8 Å². The summed E-state index contributed by atoms with van der Waals surface area (Å²) >= 11 is 1.22. The molecule has 0 unspecified atom stereocenters. The Morgan fingerprint density at radius 2 is 1.88 bits per heavy atom. The van der Waals surface area contributed by atoms with Gasteiger partial charge in [0, 0.05) is 37.5 Å². The molecule has 2 heterocycles. The number of fused-ring (bicyclic) bond motifs is 1. The van der Waals surface area contributed by atoms with E-state index in [9.17, 15) is 22.8 Å². The molecule has 3 N–H and O–H groups in total. The second-order valence-electron chi connectivity index (χ2n) is 7.92. The summed E-state index contributed by atoms with van der Waals surface area (Å²) in [7, 11) is -2.10. The average Bonchev–Trinajstić information content (AvgIpc) is 3.14. The number of anilines is 1. The molecule has 33 heavy (non-hydrogen) atoms. The molecule has 0 fully saturated rings. The molecule has 0 bridgehead atoms. The number of primary amides is 1. The molecule has 0 radical (unpaired) electrons. The largest absolute Gasteiger partial charge is 0.365 e. The number of carbonyl (C=O) groups excluding carboxylic acids is 3. The van der Waals surface area contributed by atoms with Crippen molar-refractivity contribution in [1.82, 2.24) is 9.21 Å². The summed E-state index contributed by atoms with van der Waals surface area (Å²) in [6, 6.07) is 5.66. The number of hydrogen-bond acceptors (Lipinski definition) is 6. The zero-order chi connectivity index (χ0) is 24.3. The smallest absolute Gasteiger partial charge is 0.256 e. The molecule has 2 aromatic rings. The van der Waals surface area contributed by atoms with Crippen molar-refractivity contribution in [3.8, 4) is 0 Å². The third-order valence-corrected chi connectivity index (χ3v) is 8.63. The van der Waals surface area contributed by atoms with Crippen molar-refractivity contribution in [2.45, 2.75) is 44.6 Å². The molecule has 0 saturated carbocycles. The predicted molar refractivity (Wildman–Crippen MR) is 127 cm³/mol. The SMILES string of the molecule is CCCCN(C)S(=O)(=O)c1ccc(C(=O)Nc2sc3c(c2C(N)=O)CCN(C(C)=O)C3)cc1. The van der Waals surface area contributed by atoms with Gasteiger partial charge < -0.3 is 16.0 Å². The molecule has 0 saturated heterocycles. The lowest BCUT2D eigenvalue weighted by Crippen LogP contribution is -2.34. The van der Waals surface area contributed by atoms with E-state index < -0.39 is 21.8 Å². The van der Waals surface area contributed by atoms with Crippen molar-refractivity contribution in [3.05, 3.63) is 45.8 Å². The number of thiophene rings is 1. The summed E-state index contributed by atoms with van der Waals surface area (Å²) < 4.78 is 26.6. The molecule has 1 aromatic carbocycles. The maximum atomic E-state index is 12.8. The van der Waals surface area contributed by atoms with Crippen LogP contribution in [0.25, 0.3) is 0 Å². The van der Waals surface area contributed by atoms with Gasteiger partial charge in [0.25, 0.3) is 11.8 Å². The van der Waals surface area contributed by atoms with Crippen molar-refractivity contribution in [3.63, 3.8) is 0 Å². The van der Waals surface area contributed by atoms with E-state index in [2.05, 4.69) is 5.32 Å². The minimum Gasteiger partial charge on any atom is -0.365 e. The van der Waals surface area contributed by atoms with Crippen LogP contribution in [-0.4, -0.2) is 55.5 Å². The molecular weight excluding hydrogens is 464 g/mol. The third kappa shape index (κ3) is 5.26. The maximum Gasteiger partial charge on any atom is 0.256 e. The van der Waals surface area contributed by atoms with E-state index in [-0.39, 0.29) is 21.9 Å². The molecule has 0 spiro atoms. The first-order chi connectivity index (χ1) is 15.6. The van der Waals surface area contributed by atoms with Gasteiger partial charge in [-0.25, -0.2) is 12.7 Å². The van der Waals surface area contributed by atoms with Gasteiger partial charge in [-0.1, -0.05) is 13.3 Å². The van der Waals surface area contributed by atoms with Gasteiger partial charge in [0.15, 0.2) is 0 Å². The van der Waals surface area contributed by atoms with Crippen LogP contribution in [0.3, 0.4) is 0 Å². The number of rotatable bonds is 8. The van der Waals surface area contributed by atoms with Crippen LogP contribution in [0.2, 0.25) is 0 Å². The molecule has 1 aliphatic heterocycles. The van der Waals surface area contributed by atoms with Gasteiger partial charge in [-0.15, -0.1) is 11.3 Å². The first kappa shape index (κ1) is 24.9. The summed E-state index contributed by atoms with van der Waals surface area (Å²) in [6.07, 6.45) is 2.12. The van der Waals surface area contributed by atoms with Gasteiger partial charge in [-0.3, -0.25) is 14.4 Å². The summed E-state index contributed by atoms with van der Waals surface area (Å²) in [5.41, 5.74) is 6.86. The topological polar surface area (TPSA) is 130 Å². The Morgan fingerprint density at radius 3 is 2.45 bits per heavy atom. The highest BCUT2D eigenvalue weighted by Gasteiger charge is 2.29. The standard InChI is InChI=1S/C22H28N4O5S2/c1-4-5-11-25(3)33(30,31)16-8-6-15(7-9-16)21(29)24-22-19(20(23)28)17-10-12-26(14(2)27)13-18(17)32-22/h6-9H,4-5,10-13H2,1-3H3,(H2,23,28)(H,24,29). The number of nitrogens with zero attached hydrogens (tertiary/aromatic N) is 2. The molecule has 0 aliphatic carbocycles. The van der Waals surface area contributed by atoms with Crippen molar-refractivity contribution in [2.75, 3.05) is 25.5 Å². The molecule has 11 heteroatoms. The Morgan fingerprint density at radius 1 is 1.21 bits per heavy atom. The van der Waals surface area contributed by atoms with E-state index >= 15 is 0 Å². The van der Waals surface area contributed by atoms with Gasteiger partial charge in [0.2, 0.25) is 15.9 Å². The number of nitrogens with two attached hydrogens (primary N) is 1. The molecule has 1 aromatic heterocycles. The fourth-order valence-corrected chi connectivity index (χ4v) is 6.13. The zero-order valence-electron chi connectivity index (χ0n) is 18.9. The van der Waals surface area contributed by atoms with E-state index in [0.717, 1.165) is 23.3 Å². The highest BCUT2D eigenvalue weighted by atomic mass is 32.2. The number of carbonyl (C=O) groups is 3. The van der Waals surface area contributed by atoms with Crippen molar-refractivity contribution in [2.24, 2.45) is 5.73 Å². The van der Waals surface area contributed by atoms with Gasteiger partial charge in [0.1, 0.15) is 5.00 Å². The molecule has 178 valence electrons. The lowest BCUT2D eigenvalue weighted by atomic mass is 10.0. The van der Waals surface area contributed by atoms with Crippen LogP contribution in [0, 0.1) is 0 Å². The van der Waals surface area contributed by atoms with Gasteiger partial charge in [0.05, 0.1) is 17.0 Å². The van der Waals surface area contributed by atoms with E-state index in [1.165, 1.54) is 53.9 Å². The van der Waals surface area contributed by atoms with E-state index in [0.29, 0.717) is 31.1 Å². The maximum absolute atomic E-state index is 12.8. The second kappa shape index (κ2) is 10.0. The number of unbranched alkanes of at least 4 members (excludes halogenated alkanes) is 1. The van der Waals surface area contributed by atoms with Crippen LogP contribution < -0.4 is 11.1 Å². The lowest BCUT2D eigenvalue weighted by molar-refractivity contribution is -0.129. The molecule has 9 nitrogen and oxygen atoms in total. The Bertz CT molecular complexity index is 1170. The van der Waals surface area contributed by atoms with Gasteiger partial charge >= 0.3 is 0 Å². The zero-order valence-corrected chi connectivity index (χ0v) is 20.5. The second-order valence-corrected chi connectivity index (χ2v) is 11.1. The quantitative estimate of drug-likeness (QED) is 0.585. The van der Waals surface area contributed by atoms with Crippen LogP contribution in [0.4, 0.5) is 5.00 Å². The normalized spacial score (nSPS) is 13.6. The number of amides is 3. The predicted octanol–water partition coefficient (Wildman–Crippen LogP) is 2.42. The Hall–Kier alpha value is -2.76. The first-order valence-electron chi connectivity index (χ1n) is 10.6. The number of nitrogens with one attached hydrogen (secondary N) is 1. The molecule has 0 atom stereocenters. The van der Waals surface area contributed by atoms with Gasteiger partial charge in [-0.2, -0.15) is 0 Å². The molecular formula is C22H28N4O5S2. The fraction of sp³-hybridized carbons (Fsp3) is 0.409. The van der Waals surface area contributed by atoms with E-state index in [1.54, 1.807) is 4.90 Å². The Labute approximate surface area is 197 Å². The van der Waals surface area contributed by atoms with Crippen LogP contribution in [-0.2, 0) is 27.8 Å². The molecule has 3 rings (SSSR count). The minimum atomic E-state index is -3.63. The van der Waals surface area contributed by atoms with Crippen LogP contribution >= 0.6 is 11.3 Å². The summed E-state index contributed by atoms with van der Waals surface area (Å²) in [5, 5.41) is 3.07. The fourth-order valence-electron chi connectivity index (χ4n) is 3.66. The third-order valence-electron chi connectivity index (χ3n) is 5.63.